The van der Waals surface area contributed by atoms with E-state index in [-0.39, 0.29) is 12.2 Å². The Morgan fingerprint density at radius 1 is 0.938 bits per heavy atom. The number of amides is 1. The number of rotatable bonds is 6. The third-order valence-electron chi connectivity index (χ3n) is 5.37. The minimum Gasteiger partial charge on any atom is -0.324 e. The van der Waals surface area contributed by atoms with Gasteiger partial charge < -0.3 is 5.32 Å². The molecule has 1 saturated heterocycles. The average molecular weight is 444 g/mol. The second kappa shape index (κ2) is 9.49. The summed E-state index contributed by atoms with van der Waals surface area (Å²) in [6, 6.07) is 10.8. The highest BCUT2D eigenvalue weighted by atomic mass is 19.4. The first-order valence-corrected chi connectivity index (χ1v) is 10.2. The van der Waals surface area contributed by atoms with Gasteiger partial charge in [0.05, 0.1) is 30.2 Å². The normalized spacial score (nSPS) is 15.6. The van der Waals surface area contributed by atoms with E-state index in [9.17, 15) is 18.0 Å². The van der Waals surface area contributed by atoms with E-state index in [0.717, 1.165) is 30.4 Å². The second-order valence-electron chi connectivity index (χ2n) is 7.58. The number of piperazine rings is 1. The van der Waals surface area contributed by atoms with Gasteiger partial charge in [0.25, 0.3) is 0 Å². The lowest BCUT2D eigenvalue weighted by Gasteiger charge is -2.34. The maximum absolute atomic E-state index is 13.1. The van der Waals surface area contributed by atoms with Gasteiger partial charge >= 0.3 is 6.18 Å². The van der Waals surface area contributed by atoms with Crippen LogP contribution in [0.25, 0.3) is 11.3 Å². The Kier molecular flexibility index (Phi) is 6.52. The van der Waals surface area contributed by atoms with Gasteiger partial charge in [-0.05, 0) is 30.3 Å². The zero-order chi connectivity index (χ0) is 22.6. The molecular weight excluding hydrogens is 421 g/mol. The molecule has 1 aromatic carbocycles. The lowest BCUT2D eigenvalue weighted by Crippen LogP contribution is -2.49. The SMILES string of the molecule is O=C(CN1CCN(Cn2nccc2-c2ccncc2)CC1)Nc1ccccc1C(F)(F)F. The van der Waals surface area contributed by atoms with Crippen molar-refractivity contribution in [2.45, 2.75) is 12.8 Å². The van der Waals surface area contributed by atoms with Crippen molar-refractivity contribution in [1.82, 2.24) is 24.6 Å². The van der Waals surface area contributed by atoms with E-state index in [2.05, 4.69) is 20.3 Å². The quantitative estimate of drug-likeness (QED) is 0.633. The first-order chi connectivity index (χ1) is 15.4. The molecule has 1 amide bonds. The summed E-state index contributed by atoms with van der Waals surface area (Å²) < 4.78 is 41.3. The van der Waals surface area contributed by atoms with E-state index < -0.39 is 17.6 Å². The summed E-state index contributed by atoms with van der Waals surface area (Å²) in [6.45, 7) is 3.39. The van der Waals surface area contributed by atoms with E-state index in [4.69, 9.17) is 0 Å². The molecule has 1 N–H and O–H groups in total. The molecule has 0 unspecified atom stereocenters. The van der Waals surface area contributed by atoms with Crippen molar-refractivity contribution in [3.05, 3.63) is 66.6 Å². The number of benzene rings is 1. The van der Waals surface area contributed by atoms with E-state index >= 15 is 0 Å². The van der Waals surface area contributed by atoms with Gasteiger partial charge in [-0.15, -0.1) is 0 Å². The first-order valence-electron chi connectivity index (χ1n) is 10.2. The third-order valence-corrected chi connectivity index (χ3v) is 5.37. The second-order valence-corrected chi connectivity index (χ2v) is 7.58. The van der Waals surface area contributed by atoms with Gasteiger partial charge in [0.1, 0.15) is 0 Å². The van der Waals surface area contributed by atoms with Gasteiger partial charge in [0.2, 0.25) is 5.91 Å². The van der Waals surface area contributed by atoms with E-state index in [0.29, 0.717) is 19.8 Å². The Balaban J connectivity index is 1.29. The van der Waals surface area contributed by atoms with Gasteiger partial charge in [-0.1, -0.05) is 12.1 Å². The molecule has 10 heteroatoms. The average Bonchev–Trinajstić information content (AvgIpc) is 3.23. The highest BCUT2D eigenvalue weighted by Crippen LogP contribution is 2.34. The predicted octanol–water partition coefficient (Wildman–Crippen LogP) is 3.18. The van der Waals surface area contributed by atoms with E-state index in [1.165, 1.54) is 18.2 Å². The molecule has 7 nitrogen and oxygen atoms in total. The Morgan fingerprint density at radius 2 is 1.62 bits per heavy atom. The summed E-state index contributed by atoms with van der Waals surface area (Å²) >= 11 is 0. The van der Waals surface area contributed by atoms with Crippen LogP contribution in [0.4, 0.5) is 18.9 Å². The zero-order valence-electron chi connectivity index (χ0n) is 17.3. The Hall–Kier alpha value is -3.24. The highest BCUT2D eigenvalue weighted by Gasteiger charge is 2.33. The number of hydrogen-bond donors (Lipinski definition) is 1. The summed E-state index contributed by atoms with van der Waals surface area (Å²) in [5.74, 6) is -0.456. The monoisotopic (exact) mass is 444 g/mol. The molecule has 0 radical (unpaired) electrons. The number of pyridine rings is 1. The number of carbonyl (C=O) groups is 1. The Labute approximate surface area is 183 Å². The van der Waals surface area contributed by atoms with Crippen molar-refractivity contribution in [2.75, 3.05) is 38.0 Å². The van der Waals surface area contributed by atoms with Crippen LogP contribution < -0.4 is 5.32 Å². The molecule has 4 rings (SSSR count). The van der Waals surface area contributed by atoms with E-state index in [1.54, 1.807) is 18.6 Å². The van der Waals surface area contributed by atoms with Crippen molar-refractivity contribution in [3.63, 3.8) is 0 Å². The number of carbonyl (C=O) groups excluding carboxylic acids is 1. The fraction of sp³-hybridized carbons (Fsp3) is 0.318. The van der Waals surface area contributed by atoms with Crippen LogP contribution in [0.2, 0.25) is 0 Å². The lowest BCUT2D eigenvalue weighted by molar-refractivity contribution is -0.137. The van der Waals surface area contributed by atoms with Crippen LogP contribution in [0.15, 0.2) is 61.1 Å². The van der Waals surface area contributed by atoms with Crippen LogP contribution in [-0.2, 0) is 17.6 Å². The Morgan fingerprint density at radius 3 is 2.34 bits per heavy atom. The van der Waals surface area contributed by atoms with Gasteiger partial charge in [-0.25, -0.2) is 0 Å². The fourth-order valence-electron chi connectivity index (χ4n) is 3.72. The van der Waals surface area contributed by atoms with Crippen LogP contribution in [0.5, 0.6) is 0 Å². The number of hydrogen-bond acceptors (Lipinski definition) is 5. The molecule has 3 aromatic rings. The van der Waals surface area contributed by atoms with E-state index in [1.807, 2.05) is 27.8 Å². The van der Waals surface area contributed by atoms with Crippen molar-refractivity contribution >= 4 is 11.6 Å². The predicted molar refractivity (Wildman–Crippen MR) is 114 cm³/mol. The van der Waals surface area contributed by atoms with Gasteiger partial charge in [-0.2, -0.15) is 18.3 Å². The van der Waals surface area contributed by atoms with Crippen LogP contribution in [-0.4, -0.2) is 63.2 Å². The lowest BCUT2D eigenvalue weighted by atomic mass is 10.1. The zero-order valence-corrected chi connectivity index (χ0v) is 17.3. The smallest absolute Gasteiger partial charge is 0.324 e. The summed E-state index contributed by atoms with van der Waals surface area (Å²) in [4.78, 5) is 20.6. The summed E-state index contributed by atoms with van der Waals surface area (Å²) in [5, 5.41) is 6.82. The molecule has 32 heavy (non-hydrogen) atoms. The molecule has 0 saturated carbocycles. The maximum Gasteiger partial charge on any atom is 0.418 e. The number of anilines is 1. The molecular formula is C22H23F3N6O. The minimum absolute atomic E-state index is 0.0457. The van der Waals surface area contributed by atoms with Crippen LogP contribution >= 0.6 is 0 Å². The topological polar surface area (TPSA) is 66.3 Å². The largest absolute Gasteiger partial charge is 0.418 e. The summed E-state index contributed by atoms with van der Waals surface area (Å²) in [6.07, 6.45) is 0.722. The minimum atomic E-state index is -4.52. The molecule has 0 aliphatic carbocycles. The number of para-hydroxylation sites is 1. The van der Waals surface area contributed by atoms with Crippen LogP contribution in [0.1, 0.15) is 5.56 Å². The van der Waals surface area contributed by atoms with Crippen molar-refractivity contribution in [1.29, 1.82) is 0 Å². The van der Waals surface area contributed by atoms with Gasteiger partial charge in [-0.3, -0.25) is 24.3 Å². The molecule has 1 fully saturated rings. The highest BCUT2D eigenvalue weighted by molar-refractivity contribution is 5.93. The van der Waals surface area contributed by atoms with Crippen molar-refractivity contribution < 1.29 is 18.0 Å². The number of nitrogens with one attached hydrogen (secondary N) is 1. The molecule has 168 valence electrons. The molecule has 0 bridgehead atoms. The molecule has 0 spiro atoms. The first kappa shape index (κ1) is 22.0. The summed E-state index contributed by atoms with van der Waals surface area (Å²) in [5.41, 5.74) is 0.970. The number of halogens is 3. The Bertz CT molecular complexity index is 1050. The number of nitrogens with zero attached hydrogens (tertiary/aromatic N) is 5. The van der Waals surface area contributed by atoms with Crippen LogP contribution in [0.3, 0.4) is 0 Å². The number of alkyl halides is 3. The molecule has 3 heterocycles. The number of aromatic nitrogens is 3. The fourth-order valence-corrected chi connectivity index (χ4v) is 3.72. The standard InChI is InChI=1S/C22H23F3N6O/c23-22(24,25)18-3-1-2-4-19(18)28-21(32)15-29-11-13-30(14-12-29)16-31-20(7-10-27-31)17-5-8-26-9-6-17/h1-10H,11-16H2,(H,28,32). The maximum atomic E-state index is 13.1. The molecule has 1 aliphatic rings. The summed E-state index contributed by atoms with van der Waals surface area (Å²) in [7, 11) is 0. The van der Waals surface area contributed by atoms with Crippen LogP contribution in [0, 0.1) is 0 Å². The van der Waals surface area contributed by atoms with Crippen molar-refractivity contribution in [2.24, 2.45) is 0 Å². The van der Waals surface area contributed by atoms with Gasteiger partial charge in [0, 0.05) is 50.3 Å². The molecule has 2 aromatic heterocycles. The van der Waals surface area contributed by atoms with Crippen molar-refractivity contribution in [3.8, 4) is 11.3 Å². The third kappa shape index (κ3) is 5.32. The van der Waals surface area contributed by atoms with Gasteiger partial charge in [0.15, 0.2) is 0 Å². The molecule has 1 aliphatic heterocycles. The molecule has 0 atom stereocenters.